The van der Waals surface area contributed by atoms with Crippen molar-refractivity contribution in [1.82, 2.24) is 10.6 Å². The smallest absolute Gasteiger partial charge is 0.251 e. The lowest BCUT2D eigenvalue weighted by molar-refractivity contribution is 0.0945. The number of halogens is 2. The van der Waals surface area contributed by atoms with Crippen molar-refractivity contribution >= 4 is 35.0 Å². The molecular formula is C21H24Cl2N2O2. The molecule has 0 saturated carbocycles. The summed E-state index contributed by atoms with van der Waals surface area (Å²) in [5, 5.41) is 6.92. The first-order valence-corrected chi connectivity index (χ1v) is 9.89. The van der Waals surface area contributed by atoms with Gasteiger partial charge in [0.25, 0.3) is 11.8 Å². The first kappa shape index (κ1) is 21.3. The van der Waals surface area contributed by atoms with Gasteiger partial charge in [0.05, 0.1) is 0 Å². The van der Waals surface area contributed by atoms with Crippen molar-refractivity contribution in [3.05, 3.63) is 69.7 Å². The van der Waals surface area contributed by atoms with Gasteiger partial charge in [-0.05, 0) is 49.2 Å². The third-order valence-corrected chi connectivity index (χ3v) is 4.57. The quantitative estimate of drug-likeness (QED) is 0.538. The summed E-state index contributed by atoms with van der Waals surface area (Å²) >= 11 is 11.8. The van der Waals surface area contributed by atoms with E-state index in [9.17, 15) is 9.59 Å². The number of amides is 2. The zero-order valence-electron chi connectivity index (χ0n) is 15.1. The normalized spacial score (nSPS) is 10.4. The molecule has 0 heterocycles. The lowest BCUT2D eigenvalue weighted by atomic mass is 10.1. The number of carbonyl (C=O) groups is 2. The van der Waals surface area contributed by atoms with E-state index in [1.165, 1.54) is 0 Å². The van der Waals surface area contributed by atoms with Crippen LogP contribution in [0, 0.1) is 0 Å². The molecule has 0 aliphatic heterocycles. The van der Waals surface area contributed by atoms with Crippen LogP contribution < -0.4 is 10.6 Å². The van der Waals surface area contributed by atoms with Crippen LogP contribution >= 0.6 is 23.2 Å². The summed E-state index contributed by atoms with van der Waals surface area (Å²) in [5.74, 6) is -0.192. The first-order chi connectivity index (χ1) is 13.1. The molecule has 0 aliphatic carbocycles. The van der Waals surface area contributed by atoms with Crippen LogP contribution in [0.4, 0.5) is 0 Å². The number of benzene rings is 2. The van der Waals surface area contributed by atoms with Crippen molar-refractivity contribution in [2.75, 3.05) is 13.1 Å². The van der Waals surface area contributed by atoms with E-state index in [4.69, 9.17) is 23.2 Å². The van der Waals surface area contributed by atoms with Crippen LogP contribution in [0.1, 0.15) is 52.8 Å². The lowest BCUT2D eigenvalue weighted by Gasteiger charge is -2.07. The highest BCUT2D eigenvalue weighted by atomic mass is 35.5. The van der Waals surface area contributed by atoms with Crippen molar-refractivity contribution in [1.29, 1.82) is 0 Å². The van der Waals surface area contributed by atoms with Crippen molar-refractivity contribution < 1.29 is 9.59 Å². The predicted molar refractivity (Wildman–Crippen MR) is 111 cm³/mol. The van der Waals surface area contributed by atoms with Gasteiger partial charge < -0.3 is 10.6 Å². The van der Waals surface area contributed by atoms with E-state index in [0.717, 1.165) is 32.1 Å². The van der Waals surface area contributed by atoms with Gasteiger partial charge in [-0.2, -0.15) is 0 Å². The number of unbranched alkanes of at least 4 members (excludes halogenated alkanes) is 4. The van der Waals surface area contributed by atoms with Crippen molar-refractivity contribution in [3.8, 4) is 0 Å². The summed E-state index contributed by atoms with van der Waals surface area (Å²) in [5.41, 5.74) is 1.16. The minimum atomic E-state index is -0.0961. The second-order valence-corrected chi connectivity index (χ2v) is 7.17. The Hall–Kier alpha value is -2.04. The number of hydrogen-bond donors (Lipinski definition) is 2. The van der Waals surface area contributed by atoms with Gasteiger partial charge in [-0.1, -0.05) is 54.6 Å². The average Bonchev–Trinajstić information content (AvgIpc) is 2.66. The molecule has 0 saturated heterocycles. The van der Waals surface area contributed by atoms with Crippen LogP contribution in [-0.2, 0) is 0 Å². The van der Waals surface area contributed by atoms with E-state index in [0.29, 0.717) is 34.3 Å². The molecule has 144 valence electrons. The van der Waals surface area contributed by atoms with Crippen LogP contribution in [0.25, 0.3) is 0 Å². The Morgan fingerprint density at radius 1 is 0.667 bits per heavy atom. The zero-order valence-corrected chi connectivity index (χ0v) is 16.7. The minimum absolute atomic E-state index is 0.0961. The summed E-state index contributed by atoms with van der Waals surface area (Å²) < 4.78 is 0. The fourth-order valence-electron chi connectivity index (χ4n) is 2.65. The molecular weight excluding hydrogens is 383 g/mol. The lowest BCUT2D eigenvalue weighted by Crippen LogP contribution is -2.24. The monoisotopic (exact) mass is 406 g/mol. The molecule has 4 nitrogen and oxygen atoms in total. The summed E-state index contributed by atoms with van der Waals surface area (Å²) in [4.78, 5) is 23.9. The third kappa shape index (κ3) is 8.02. The molecule has 0 fully saturated rings. The van der Waals surface area contributed by atoms with E-state index in [-0.39, 0.29) is 11.8 Å². The van der Waals surface area contributed by atoms with Gasteiger partial charge in [0.15, 0.2) is 0 Å². The Morgan fingerprint density at radius 2 is 1.07 bits per heavy atom. The first-order valence-electron chi connectivity index (χ1n) is 9.14. The van der Waals surface area contributed by atoms with Gasteiger partial charge in [0, 0.05) is 34.3 Å². The Labute approximate surface area is 170 Å². The van der Waals surface area contributed by atoms with Gasteiger partial charge in [0.1, 0.15) is 0 Å². The van der Waals surface area contributed by atoms with Crippen molar-refractivity contribution in [2.24, 2.45) is 0 Å². The van der Waals surface area contributed by atoms with Crippen molar-refractivity contribution in [2.45, 2.75) is 32.1 Å². The van der Waals surface area contributed by atoms with Gasteiger partial charge in [-0.3, -0.25) is 9.59 Å². The number of carbonyl (C=O) groups excluding carboxylic acids is 2. The highest BCUT2D eigenvalue weighted by Crippen LogP contribution is 2.11. The second-order valence-electron chi connectivity index (χ2n) is 6.30. The third-order valence-electron chi connectivity index (χ3n) is 4.10. The van der Waals surface area contributed by atoms with Crippen LogP contribution in [0.3, 0.4) is 0 Å². The summed E-state index contributed by atoms with van der Waals surface area (Å²) in [6.07, 6.45) is 5.01. The fourth-order valence-corrected chi connectivity index (χ4v) is 3.03. The largest absolute Gasteiger partial charge is 0.352 e. The van der Waals surface area contributed by atoms with Crippen molar-refractivity contribution in [3.63, 3.8) is 0 Å². The maximum Gasteiger partial charge on any atom is 0.251 e. The highest BCUT2D eigenvalue weighted by molar-refractivity contribution is 6.31. The van der Waals surface area contributed by atoms with Crippen LogP contribution in [0.15, 0.2) is 48.5 Å². The standard InChI is InChI=1S/C21H24Cl2N2O2/c22-18-10-6-8-16(14-18)20(26)24-12-4-2-1-3-5-13-25-21(27)17-9-7-11-19(23)15-17/h6-11,14-15H,1-5,12-13H2,(H,24,26)(H,25,27). The number of rotatable bonds is 10. The SMILES string of the molecule is O=C(NCCCCCCCNC(=O)c1cccc(Cl)c1)c1cccc(Cl)c1. The molecule has 0 unspecified atom stereocenters. The summed E-state index contributed by atoms with van der Waals surface area (Å²) in [7, 11) is 0. The maximum absolute atomic E-state index is 12.0. The molecule has 0 atom stereocenters. The molecule has 0 spiro atoms. The van der Waals surface area contributed by atoms with Gasteiger partial charge in [-0.15, -0.1) is 0 Å². The van der Waals surface area contributed by atoms with Crippen LogP contribution in [0.2, 0.25) is 10.0 Å². The zero-order chi connectivity index (χ0) is 19.5. The Balaban J connectivity index is 1.49. The fraction of sp³-hybridized carbons (Fsp3) is 0.333. The molecule has 0 bridgehead atoms. The molecule has 2 aromatic rings. The average molecular weight is 407 g/mol. The number of hydrogen-bond acceptors (Lipinski definition) is 2. The minimum Gasteiger partial charge on any atom is -0.352 e. The highest BCUT2D eigenvalue weighted by Gasteiger charge is 2.05. The van der Waals surface area contributed by atoms with Gasteiger partial charge in [-0.25, -0.2) is 0 Å². The van der Waals surface area contributed by atoms with Crippen LogP contribution in [0.5, 0.6) is 0 Å². The molecule has 2 aromatic carbocycles. The van der Waals surface area contributed by atoms with Gasteiger partial charge in [0.2, 0.25) is 0 Å². The van der Waals surface area contributed by atoms with Crippen LogP contribution in [-0.4, -0.2) is 24.9 Å². The topological polar surface area (TPSA) is 58.2 Å². The van der Waals surface area contributed by atoms with E-state index in [1.807, 2.05) is 0 Å². The number of nitrogens with one attached hydrogen (secondary N) is 2. The summed E-state index contributed by atoms with van der Waals surface area (Å²) in [6.45, 7) is 1.30. The van der Waals surface area contributed by atoms with E-state index < -0.39 is 0 Å². The Kier molecular flexibility index (Phi) is 9.16. The second kappa shape index (κ2) is 11.6. The Bertz CT molecular complexity index is 702. The molecule has 2 rings (SSSR count). The molecule has 2 amide bonds. The molecule has 2 N–H and O–H groups in total. The molecule has 27 heavy (non-hydrogen) atoms. The maximum atomic E-state index is 12.0. The predicted octanol–water partition coefficient (Wildman–Crippen LogP) is 5.10. The molecule has 0 radical (unpaired) electrons. The molecule has 0 aromatic heterocycles. The molecule has 0 aliphatic rings. The van der Waals surface area contributed by atoms with E-state index in [1.54, 1.807) is 48.5 Å². The summed E-state index contributed by atoms with van der Waals surface area (Å²) in [6, 6.07) is 13.8. The Morgan fingerprint density at radius 3 is 1.48 bits per heavy atom. The van der Waals surface area contributed by atoms with Gasteiger partial charge >= 0.3 is 0 Å². The molecule has 6 heteroatoms. The van der Waals surface area contributed by atoms with E-state index >= 15 is 0 Å². The van der Waals surface area contributed by atoms with E-state index in [2.05, 4.69) is 10.6 Å².